The number of rotatable bonds is 6. The summed E-state index contributed by atoms with van der Waals surface area (Å²) < 4.78 is 1.11. The largest absolute Gasteiger partial charge is 0.389 e. The van der Waals surface area contributed by atoms with E-state index in [0.29, 0.717) is 12.6 Å². The second-order valence-corrected chi connectivity index (χ2v) is 7.38. The predicted molar refractivity (Wildman–Crippen MR) is 92.4 cm³/mol. The van der Waals surface area contributed by atoms with Crippen molar-refractivity contribution < 1.29 is 5.11 Å². The molecule has 0 amide bonds. The summed E-state index contributed by atoms with van der Waals surface area (Å²) in [6.07, 6.45) is 6.51. The maximum atomic E-state index is 10.7. The highest BCUT2D eigenvalue weighted by atomic mass is 79.9. The van der Waals surface area contributed by atoms with Gasteiger partial charge in [0.15, 0.2) is 0 Å². The Balaban J connectivity index is 1.89. The fraction of sp³-hybridized carbons (Fsp3) is 0.667. The zero-order valence-corrected chi connectivity index (χ0v) is 14.8. The highest BCUT2D eigenvalue weighted by molar-refractivity contribution is 9.10. The molecule has 2 rings (SSSR count). The zero-order chi connectivity index (χ0) is 15.3. The van der Waals surface area contributed by atoms with Crippen molar-refractivity contribution in [1.29, 1.82) is 0 Å². The number of aliphatic hydroxyl groups is 1. The van der Waals surface area contributed by atoms with E-state index in [4.69, 9.17) is 0 Å². The molecule has 21 heavy (non-hydrogen) atoms. The minimum atomic E-state index is -0.506. The molecule has 0 heterocycles. The Kier molecular flexibility index (Phi) is 6.27. The third-order valence-electron chi connectivity index (χ3n) is 4.97. The number of hydrogen-bond acceptors (Lipinski definition) is 2. The molecule has 118 valence electrons. The lowest BCUT2D eigenvalue weighted by Crippen LogP contribution is -2.44. The zero-order valence-electron chi connectivity index (χ0n) is 13.2. The monoisotopic (exact) mass is 353 g/mol. The summed E-state index contributed by atoms with van der Waals surface area (Å²) in [6, 6.07) is 8.81. The summed E-state index contributed by atoms with van der Waals surface area (Å²) in [7, 11) is 0. The van der Waals surface area contributed by atoms with Crippen molar-refractivity contribution in [1.82, 2.24) is 5.32 Å². The summed E-state index contributed by atoms with van der Waals surface area (Å²) >= 11 is 3.48. The molecule has 3 heteroatoms. The first kappa shape index (κ1) is 17.0. The third-order valence-corrected chi connectivity index (χ3v) is 5.50. The Morgan fingerprint density at radius 1 is 1.24 bits per heavy atom. The van der Waals surface area contributed by atoms with Gasteiger partial charge in [-0.05, 0) is 55.7 Å². The Labute approximate surface area is 137 Å². The molecule has 0 bridgehead atoms. The predicted octanol–water partition coefficient (Wildman–Crippen LogP) is 4.82. The summed E-state index contributed by atoms with van der Waals surface area (Å²) in [6.45, 7) is 5.16. The van der Waals surface area contributed by atoms with Crippen molar-refractivity contribution in [3.8, 4) is 0 Å². The van der Waals surface area contributed by atoms with Crippen LogP contribution in [0.5, 0.6) is 0 Å². The molecule has 1 aliphatic carbocycles. The Hall–Kier alpha value is -0.380. The third kappa shape index (κ3) is 4.80. The van der Waals surface area contributed by atoms with Gasteiger partial charge in [0.25, 0.3) is 0 Å². The van der Waals surface area contributed by atoms with Crippen molar-refractivity contribution in [2.24, 2.45) is 5.92 Å². The van der Waals surface area contributed by atoms with Gasteiger partial charge in [-0.2, -0.15) is 0 Å². The van der Waals surface area contributed by atoms with Crippen LogP contribution in [0.1, 0.15) is 64.0 Å². The van der Waals surface area contributed by atoms with E-state index in [0.717, 1.165) is 29.7 Å². The van der Waals surface area contributed by atoms with E-state index in [-0.39, 0.29) is 0 Å². The second kappa shape index (κ2) is 7.75. The number of hydrogen-bond donors (Lipinski definition) is 2. The van der Waals surface area contributed by atoms with E-state index in [1.807, 2.05) is 0 Å². The fourth-order valence-electron chi connectivity index (χ4n) is 3.31. The van der Waals surface area contributed by atoms with Gasteiger partial charge >= 0.3 is 0 Å². The van der Waals surface area contributed by atoms with Crippen LogP contribution < -0.4 is 5.32 Å². The van der Waals surface area contributed by atoms with Crippen LogP contribution in [0, 0.1) is 5.92 Å². The molecule has 0 aromatic heterocycles. The Morgan fingerprint density at radius 3 is 2.38 bits per heavy atom. The SMILES string of the molecule is CCC1CCC(O)(CNC(CC)c2ccc(Br)cc2)CC1. The lowest BCUT2D eigenvalue weighted by molar-refractivity contribution is -0.0108. The maximum absolute atomic E-state index is 10.7. The van der Waals surface area contributed by atoms with Crippen LogP contribution in [0.4, 0.5) is 0 Å². The lowest BCUT2D eigenvalue weighted by atomic mass is 9.77. The van der Waals surface area contributed by atoms with Crippen LogP contribution in [0.15, 0.2) is 28.7 Å². The van der Waals surface area contributed by atoms with Crippen LogP contribution in [0.3, 0.4) is 0 Å². The quantitative estimate of drug-likeness (QED) is 0.768. The minimum absolute atomic E-state index is 0.325. The number of nitrogens with one attached hydrogen (secondary N) is 1. The average Bonchev–Trinajstić information content (AvgIpc) is 2.50. The molecular formula is C18H28BrNO. The van der Waals surface area contributed by atoms with Gasteiger partial charge in [0.1, 0.15) is 0 Å². The summed E-state index contributed by atoms with van der Waals surface area (Å²) in [5.74, 6) is 0.818. The van der Waals surface area contributed by atoms with Gasteiger partial charge in [0.05, 0.1) is 5.60 Å². The van der Waals surface area contributed by atoms with Crippen molar-refractivity contribution in [3.05, 3.63) is 34.3 Å². The average molecular weight is 354 g/mol. The molecule has 0 aliphatic heterocycles. The number of halogens is 1. The molecule has 0 radical (unpaired) electrons. The van der Waals surface area contributed by atoms with Crippen LogP contribution in [0.2, 0.25) is 0 Å². The second-order valence-electron chi connectivity index (χ2n) is 6.47. The van der Waals surface area contributed by atoms with Crippen LogP contribution in [-0.2, 0) is 0 Å². The molecule has 2 N–H and O–H groups in total. The molecule has 1 atom stereocenters. The first-order valence-corrected chi connectivity index (χ1v) is 9.07. The van der Waals surface area contributed by atoms with E-state index in [1.165, 1.54) is 24.8 Å². The Morgan fingerprint density at radius 2 is 1.86 bits per heavy atom. The molecule has 1 fully saturated rings. The molecular weight excluding hydrogens is 326 g/mol. The van der Waals surface area contributed by atoms with E-state index in [1.54, 1.807) is 0 Å². The molecule has 2 nitrogen and oxygen atoms in total. The van der Waals surface area contributed by atoms with Gasteiger partial charge in [-0.15, -0.1) is 0 Å². The summed E-state index contributed by atoms with van der Waals surface area (Å²) in [4.78, 5) is 0. The Bertz CT molecular complexity index is 423. The highest BCUT2D eigenvalue weighted by Gasteiger charge is 2.32. The van der Waals surface area contributed by atoms with E-state index < -0.39 is 5.60 Å². The summed E-state index contributed by atoms with van der Waals surface area (Å²) in [5.41, 5.74) is 0.792. The molecule has 1 saturated carbocycles. The first-order valence-electron chi connectivity index (χ1n) is 8.27. The van der Waals surface area contributed by atoms with Gasteiger partial charge < -0.3 is 10.4 Å². The first-order chi connectivity index (χ1) is 10.1. The molecule has 1 aliphatic rings. The molecule has 1 unspecified atom stereocenters. The van der Waals surface area contributed by atoms with Gasteiger partial charge in [-0.25, -0.2) is 0 Å². The van der Waals surface area contributed by atoms with Crippen molar-refractivity contribution >= 4 is 15.9 Å². The van der Waals surface area contributed by atoms with Crippen molar-refractivity contribution in [2.75, 3.05) is 6.54 Å². The van der Waals surface area contributed by atoms with Gasteiger partial charge in [-0.1, -0.05) is 48.3 Å². The van der Waals surface area contributed by atoms with Crippen LogP contribution in [-0.4, -0.2) is 17.3 Å². The van der Waals surface area contributed by atoms with Crippen LogP contribution in [0.25, 0.3) is 0 Å². The standard InChI is InChI=1S/C18H28BrNO/c1-3-14-9-11-18(21,12-10-14)13-20-17(4-2)15-5-7-16(19)8-6-15/h5-8,14,17,20-21H,3-4,9-13H2,1-2H3. The molecule has 1 aromatic carbocycles. The van der Waals surface area contributed by atoms with Crippen molar-refractivity contribution in [2.45, 2.75) is 64.0 Å². The van der Waals surface area contributed by atoms with Crippen molar-refractivity contribution in [3.63, 3.8) is 0 Å². The van der Waals surface area contributed by atoms with Gasteiger partial charge in [0, 0.05) is 17.1 Å². The topological polar surface area (TPSA) is 32.3 Å². The molecule has 1 aromatic rings. The molecule has 0 spiro atoms. The van der Waals surface area contributed by atoms with E-state index in [9.17, 15) is 5.11 Å². The van der Waals surface area contributed by atoms with Gasteiger partial charge in [-0.3, -0.25) is 0 Å². The van der Waals surface area contributed by atoms with Gasteiger partial charge in [0.2, 0.25) is 0 Å². The smallest absolute Gasteiger partial charge is 0.0772 e. The summed E-state index contributed by atoms with van der Waals surface area (Å²) in [5, 5.41) is 14.3. The fourth-order valence-corrected chi connectivity index (χ4v) is 3.57. The molecule has 0 saturated heterocycles. The van der Waals surface area contributed by atoms with E-state index in [2.05, 4.69) is 59.4 Å². The minimum Gasteiger partial charge on any atom is -0.389 e. The van der Waals surface area contributed by atoms with Crippen LogP contribution >= 0.6 is 15.9 Å². The normalized spacial score (nSPS) is 27.5. The number of benzene rings is 1. The maximum Gasteiger partial charge on any atom is 0.0772 e. The highest BCUT2D eigenvalue weighted by Crippen LogP contribution is 2.33. The lowest BCUT2D eigenvalue weighted by Gasteiger charge is -2.37. The van der Waals surface area contributed by atoms with E-state index >= 15 is 0 Å².